The van der Waals surface area contributed by atoms with Crippen LogP contribution in [0.2, 0.25) is 0 Å². The summed E-state index contributed by atoms with van der Waals surface area (Å²) >= 11 is 1.62. The third-order valence-electron chi connectivity index (χ3n) is 2.19. The minimum atomic E-state index is -2.04. The number of nitrogens with zero attached hydrogens (tertiary/aromatic N) is 1. The molecule has 1 rings (SSSR count). The van der Waals surface area contributed by atoms with E-state index in [4.69, 9.17) is 5.73 Å². The Hall–Kier alpha value is -0.620. The second kappa shape index (κ2) is 5.46. The van der Waals surface area contributed by atoms with Crippen molar-refractivity contribution in [3.8, 4) is 0 Å². The summed E-state index contributed by atoms with van der Waals surface area (Å²) < 4.78 is 0. The van der Waals surface area contributed by atoms with Gasteiger partial charge in [-0.1, -0.05) is 6.07 Å². The Morgan fingerprint density at radius 3 is 2.80 bits per heavy atom. The first-order valence-corrected chi connectivity index (χ1v) is 6.09. The van der Waals surface area contributed by atoms with E-state index in [-0.39, 0.29) is 5.69 Å². The first-order valence-electron chi connectivity index (χ1n) is 4.69. The molecule has 0 aromatic carbocycles. The van der Waals surface area contributed by atoms with Crippen LogP contribution in [0, 0.1) is 0 Å². The van der Waals surface area contributed by atoms with Crippen LogP contribution in [0.4, 0.5) is 0 Å². The predicted octanol–water partition coefficient (Wildman–Crippen LogP) is 0.299. The molecule has 1 unspecified atom stereocenters. The molecule has 0 saturated heterocycles. The van der Waals surface area contributed by atoms with Gasteiger partial charge in [0, 0.05) is 6.20 Å². The molecule has 0 fully saturated rings. The van der Waals surface area contributed by atoms with Crippen LogP contribution in [0.15, 0.2) is 24.4 Å². The van der Waals surface area contributed by atoms with Gasteiger partial charge in [0.2, 0.25) is 5.79 Å². The third-order valence-corrected chi connectivity index (χ3v) is 2.84. The van der Waals surface area contributed by atoms with Crippen molar-refractivity contribution >= 4 is 11.8 Å². The maximum atomic E-state index is 9.84. The predicted molar refractivity (Wildman–Crippen MR) is 61.3 cm³/mol. The molecule has 0 radical (unpaired) electrons. The van der Waals surface area contributed by atoms with E-state index in [9.17, 15) is 10.2 Å². The Bertz CT molecular complexity index is 293. The Morgan fingerprint density at radius 1 is 1.53 bits per heavy atom. The quantitative estimate of drug-likeness (QED) is 0.632. The summed E-state index contributed by atoms with van der Waals surface area (Å²) in [7, 11) is 0. The maximum Gasteiger partial charge on any atom is 0.223 e. The second-order valence-corrected chi connectivity index (χ2v) is 4.31. The summed E-state index contributed by atoms with van der Waals surface area (Å²) in [5, 5.41) is 19.7. The first-order chi connectivity index (χ1) is 7.09. The molecule has 84 valence electrons. The Labute approximate surface area is 93.5 Å². The summed E-state index contributed by atoms with van der Waals surface area (Å²) in [6.07, 6.45) is 3.99. The van der Waals surface area contributed by atoms with Crippen molar-refractivity contribution in [2.75, 3.05) is 12.0 Å². The molecule has 1 aromatic rings. The molecule has 0 aliphatic heterocycles. The van der Waals surface area contributed by atoms with Gasteiger partial charge < -0.3 is 15.9 Å². The number of nitrogens with two attached hydrogens (primary N) is 1. The smallest absolute Gasteiger partial charge is 0.223 e. The normalized spacial score (nSPS) is 13.9. The lowest BCUT2D eigenvalue weighted by molar-refractivity contribution is -0.189. The summed E-state index contributed by atoms with van der Waals surface area (Å²) in [6.45, 7) is 0. The fourth-order valence-electron chi connectivity index (χ4n) is 1.22. The third kappa shape index (κ3) is 3.17. The standard InChI is InChI=1S/C10H16N2O2S/c1-15-7-5-8(11)10(13,14)9-4-2-3-6-12-9/h2-4,6,8,13-14H,5,7,11H2,1H3. The van der Waals surface area contributed by atoms with Crippen molar-refractivity contribution in [1.29, 1.82) is 0 Å². The highest BCUT2D eigenvalue weighted by Crippen LogP contribution is 2.21. The summed E-state index contributed by atoms with van der Waals surface area (Å²) in [4.78, 5) is 3.89. The Balaban J connectivity index is 2.73. The van der Waals surface area contributed by atoms with Crippen LogP contribution in [0.1, 0.15) is 12.1 Å². The van der Waals surface area contributed by atoms with E-state index in [2.05, 4.69) is 4.98 Å². The molecule has 1 aromatic heterocycles. The van der Waals surface area contributed by atoms with Gasteiger partial charge in [0.15, 0.2) is 0 Å². The van der Waals surface area contributed by atoms with Gasteiger partial charge in [0.05, 0.1) is 6.04 Å². The van der Waals surface area contributed by atoms with Crippen LogP contribution in [0.3, 0.4) is 0 Å². The highest BCUT2D eigenvalue weighted by molar-refractivity contribution is 7.98. The molecule has 0 amide bonds. The number of aromatic nitrogens is 1. The van der Waals surface area contributed by atoms with Crippen LogP contribution < -0.4 is 5.73 Å². The van der Waals surface area contributed by atoms with Crippen molar-refractivity contribution < 1.29 is 10.2 Å². The van der Waals surface area contributed by atoms with Gasteiger partial charge in [-0.05, 0) is 30.6 Å². The van der Waals surface area contributed by atoms with Crippen molar-refractivity contribution in [1.82, 2.24) is 4.98 Å². The SMILES string of the molecule is CSCCC(N)C(O)(O)c1ccccn1. The van der Waals surface area contributed by atoms with E-state index in [0.717, 1.165) is 5.75 Å². The van der Waals surface area contributed by atoms with Crippen LogP contribution in [0.25, 0.3) is 0 Å². The van der Waals surface area contributed by atoms with E-state index >= 15 is 0 Å². The van der Waals surface area contributed by atoms with Crippen molar-refractivity contribution in [3.05, 3.63) is 30.1 Å². The minimum absolute atomic E-state index is 0.193. The molecule has 1 heterocycles. The fraction of sp³-hybridized carbons (Fsp3) is 0.500. The monoisotopic (exact) mass is 228 g/mol. The molecule has 4 nitrogen and oxygen atoms in total. The number of pyridine rings is 1. The maximum absolute atomic E-state index is 9.84. The molecule has 0 aliphatic rings. The zero-order valence-corrected chi connectivity index (χ0v) is 9.44. The zero-order valence-electron chi connectivity index (χ0n) is 8.63. The molecular weight excluding hydrogens is 212 g/mol. The first kappa shape index (κ1) is 12.4. The van der Waals surface area contributed by atoms with Gasteiger partial charge >= 0.3 is 0 Å². The van der Waals surface area contributed by atoms with Crippen molar-refractivity contribution in [3.63, 3.8) is 0 Å². The number of hydrogen-bond donors (Lipinski definition) is 3. The van der Waals surface area contributed by atoms with E-state index < -0.39 is 11.8 Å². The molecule has 5 heteroatoms. The van der Waals surface area contributed by atoms with Gasteiger partial charge in [-0.25, -0.2) is 0 Å². The molecule has 0 spiro atoms. The second-order valence-electron chi connectivity index (χ2n) is 3.33. The van der Waals surface area contributed by atoms with Gasteiger partial charge in [-0.3, -0.25) is 4.98 Å². The largest absolute Gasteiger partial charge is 0.360 e. The fourth-order valence-corrected chi connectivity index (χ4v) is 1.71. The topological polar surface area (TPSA) is 79.4 Å². The molecule has 0 bridgehead atoms. The van der Waals surface area contributed by atoms with Gasteiger partial charge in [0.1, 0.15) is 5.69 Å². The van der Waals surface area contributed by atoms with Crippen LogP contribution >= 0.6 is 11.8 Å². The zero-order chi connectivity index (χ0) is 11.3. The molecule has 15 heavy (non-hydrogen) atoms. The van der Waals surface area contributed by atoms with E-state index in [1.807, 2.05) is 6.26 Å². The van der Waals surface area contributed by atoms with Crippen LogP contribution in [-0.4, -0.2) is 33.2 Å². The summed E-state index contributed by atoms with van der Waals surface area (Å²) in [5.74, 6) is -1.26. The highest BCUT2D eigenvalue weighted by Gasteiger charge is 2.34. The molecule has 4 N–H and O–H groups in total. The number of hydrogen-bond acceptors (Lipinski definition) is 5. The number of aliphatic hydroxyl groups is 2. The lowest BCUT2D eigenvalue weighted by Gasteiger charge is -2.27. The summed E-state index contributed by atoms with van der Waals surface area (Å²) in [6, 6.07) is 4.25. The lowest BCUT2D eigenvalue weighted by Crippen LogP contribution is -2.46. The molecule has 0 aliphatic carbocycles. The number of thioether (sulfide) groups is 1. The molecule has 0 saturated carbocycles. The average molecular weight is 228 g/mol. The number of rotatable bonds is 5. The van der Waals surface area contributed by atoms with Gasteiger partial charge in [-0.2, -0.15) is 11.8 Å². The summed E-state index contributed by atoms with van der Waals surface area (Å²) in [5.41, 5.74) is 5.91. The average Bonchev–Trinajstić information content (AvgIpc) is 2.27. The van der Waals surface area contributed by atoms with E-state index in [1.54, 1.807) is 30.0 Å². The molecular formula is C10H16N2O2S. The van der Waals surface area contributed by atoms with Gasteiger partial charge in [0.25, 0.3) is 0 Å². The van der Waals surface area contributed by atoms with Crippen molar-refractivity contribution in [2.45, 2.75) is 18.2 Å². The van der Waals surface area contributed by atoms with Crippen LogP contribution in [-0.2, 0) is 5.79 Å². The minimum Gasteiger partial charge on any atom is -0.360 e. The van der Waals surface area contributed by atoms with E-state index in [1.165, 1.54) is 6.20 Å². The highest BCUT2D eigenvalue weighted by atomic mass is 32.2. The van der Waals surface area contributed by atoms with Gasteiger partial charge in [-0.15, -0.1) is 0 Å². The molecule has 1 atom stereocenters. The Morgan fingerprint density at radius 2 is 2.27 bits per heavy atom. The van der Waals surface area contributed by atoms with Crippen LogP contribution in [0.5, 0.6) is 0 Å². The Kier molecular flexibility index (Phi) is 4.53. The lowest BCUT2D eigenvalue weighted by atomic mass is 10.0. The van der Waals surface area contributed by atoms with E-state index in [0.29, 0.717) is 6.42 Å². The van der Waals surface area contributed by atoms with Crippen molar-refractivity contribution in [2.24, 2.45) is 5.73 Å².